The molecule has 0 aliphatic heterocycles. The van der Waals surface area contributed by atoms with Crippen LogP contribution in [0.4, 0.5) is 13.2 Å². The van der Waals surface area contributed by atoms with Crippen LogP contribution in [0.25, 0.3) is 0 Å². The average molecular weight is 450 g/mol. The number of hydrogen-bond acceptors (Lipinski definition) is 5. The maximum absolute atomic E-state index is 12.7. The van der Waals surface area contributed by atoms with Crippen LogP contribution in [0.5, 0.6) is 5.75 Å². The van der Waals surface area contributed by atoms with Crippen molar-refractivity contribution in [3.63, 3.8) is 0 Å². The van der Waals surface area contributed by atoms with Gasteiger partial charge in [-0.05, 0) is 43.7 Å². The van der Waals surface area contributed by atoms with Gasteiger partial charge in [-0.2, -0.15) is 13.2 Å². The fourth-order valence-electron chi connectivity index (χ4n) is 2.78. The van der Waals surface area contributed by atoms with Gasteiger partial charge in [0.1, 0.15) is 11.5 Å². The first-order valence-corrected chi connectivity index (χ1v) is 10.4. The molecule has 1 N–H and O–H groups in total. The van der Waals surface area contributed by atoms with Gasteiger partial charge in [0.15, 0.2) is 6.61 Å². The molecule has 0 bridgehead atoms. The first-order valence-electron chi connectivity index (χ1n) is 9.43. The third kappa shape index (κ3) is 6.52. The van der Waals surface area contributed by atoms with E-state index in [0.29, 0.717) is 11.3 Å². The Morgan fingerprint density at radius 3 is 2.48 bits per heavy atom. The Hall–Kier alpha value is -2.94. The van der Waals surface area contributed by atoms with Crippen molar-refractivity contribution >= 4 is 17.7 Å². The highest BCUT2D eigenvalue weighted by atomic mass is 32.2. The topological polar surface area (TPSA) is 64.4 Å². The minimum atomic E-state index is -4.39. The van der Waals surface area contributed by atoms with Crippen molar-refractivity contribution in [3.8, 4) is 5.75 Å². The lowest BCUT2D eigenvalue weighted by Gasteiger charge is -2.11. The van der Waals surface area contributed by atoms with Crippen LogP contribution in [-0.2, 0) is 12.3 Å². The van der Waals surface area contributed by atoms with Crippen LogP contribution >= 0.6 is 11.8 Å². The monoisotopic (exact) mass is 450 g/mol. The number of carbonyl (C=O) groups excluding carboxylic acids is 1. The number of nitrogens with zero attached hydrogens (tertiary/aromatic N) is 1. The molecule has 9 heteroatoms. The molecule has 2 aromatic carbocycles. The molecule has 0 spiro atoms. The number of nitrogens with one attached hydrogen (secondary N) is 1. The Morgan fingerprint density at radius 2 is 1.84 bits per heavy atom. The summed E-state index contributed by atoms with van der Waals surface area (Å²) in [5, 5.41) is 6.79. The molecule has 1 amide bonds. The van der Waals surface area contributed by atoms with Crippen molar-refractivity contribution in [1.82, 2.24) is 10.5 Å². The van der Waals surface area contributed by atoms with Gasteiger partial charge in [-0.3, -0.25) is 4.79 Å². The number of halogens is 3. The predicted octanol–water partition coefficient (Wildman–Crippen LogP) is 5.45. The Balaban J connectivity index is 1.58. The quantitative estimate of drug-likeness (QED) is 0.462. The highest BCUT2D eigenvalue weighted by molar-refractivity contribution is 7.98. The molecule has 0 aliphatic carbocycles. The average Bonchev–Trinajstić information content (AvgIpc) is 3.06. The number of aromatic nitrogens is 1. The summed E-state index contributed by atoms with van der Waals surface area (Å²) in [6, 6.07) is 13.4. The fraction of sp³-hybridized carbons (Fsp3) is 0.273. The zero-order valence-electron chi connectivity index (χ0n) is 17.0. The second kappa shape index (κ2) is 9.91. The number of aryl methyl sites for hydroxylation is 2. The van der Waals surface area contributed by atoms with E-state index < -0.39 is 12.8 Å². The smallest absolute Gasteiger partial charge is 0.422 e. The van der Waals surface area contributed by atoms with Gasteiger partial charge in [-0.1, -0.05) is 29.4 Å². The first kappa shape index (κ1) is 22.7. The lowest BCUT2D eigenvalue weighted by atomic mass is 10.2. The number of ether oxygens (including phenoxy) is 1. The summed E-state index contributed by atoms with van der Waals surface area (Å²) >= 11 is 1.52. The van der Waals surface area contributed by atoms with Crippen LogP contribution in [0.2, 0.25) is 0 Å². The molecule has 0 fully saturated rings. The van der Waals surface area contributed by atoms with E-state index >= 15 is 0 Å². The van der Waals surface area contributed by atoms with Gasteiger partial charge in [0, 0.05) is 22.8 Å². The summed E-state index contributed by atoms with van der Waals surface area (Å²) in [5.74, 6) is 1.27. The van der Waals surface area contributed by atoms with Crippen molar-refractivity contribution in [1.29, 1.82) is 0 Å². The zero-order chi connectivity index (χ0) is 22.4. The number of rotatable bonds is 8. The van der Waals surface area contributed by atoms with Gasteiger partial charge in [0.05, 0.1) is 11.3 Å². The van der Waals surface area contributed by atoms with E-state index in [1.807, 2.05) is 26.0 Å². The molecular formula is C22H21F3N2O3S. The molecule has 5 nitrogen and oxygen atoms in total. The Morgan fingerprint density at radius 1 is 1.13 bits per heavy atom. The standard InChI is InChI=1S/C22H21F3N2O3S/c1-14-19(15(2)30-27-14)12-31-20-6-4-3-5-18(20)21(28)26-11-16-7-9-17(10-8-16)29-13-22(23,24)25/h3-10H,11-13H2,1-2H3,(H,26,28). The number of alkyl halides is 3. The number of carbonyl (C=O) groups is 1. The maximum atomic E-state index is 12.7. The fourth-order valence-corrected chi connectivity index (χ4v) is 3.99. The molecule has 3 aromatic rings. The Labute approximate surface area is 182 Å². The molecule has 164 valence electrons. The number of benzene rings is 2. The summed E-state index contributed by atoms with van der Waals surface area (Å²) in [6.07, 6.45) is -4.39. The Kier molecular flexibility index (Phi) is 7.27. The molecular weight excluding hydrogens is 429 g/mol. The molecule has 1 aromatic heterocycles. The summed E-state index contributed by atoms with van der Waals surface area (Å²) in [7, 11) is 0. The molecule has 0 saturated heterocycles. The second-order valence-electron chi connectivity index (χ2n) is 6.82. The minimum Gasteiger partial charge on any atom is -0.484 e. The number of amides is 1. The maximum Gasteiger partial charge on any atom is 0.422 e. The van der Waals surface area contributed by atoms with Crippen LogP contribution in [0.3, 0.4) is 0 Å². The summed E-state index contributed by atoms with van der Waals surface area (Å²) in [6.45, 7) is 2.63. The van der Waals surface area contributed by atoms with Crippen molar-refractivity contribution in [3.05, 3.63) is 76.7 Å². The molecule has 0 unspecified atom stereocenters. The normalized spacial score (nSPS) is 11.4. The molecule has 0 aliphatic rings. The molecule has 3 rings (SSSR count). The SMILES string of the molecule is Cc1noc(C)c1CSc1ccccc1C(=O)NCc1ccc(OCC(F)(F)F)cc1. The highest BCUT2D eigenvalue weighted by Gasteiger charge is 2.28. The van der Waals surface area contributed by atoms with Crippen molar-refractivity contribution in [2.24, 2.45) is 0 Å². The van der Waals surface area contributed by atoms with Gasteiger partial charge in [0.2, 0.25) is 0 Å². The van der Waals surface area contributed by atoms with Gasteiger partial charge in [0.25, 0.3) is 5.91 Å². The van der Waals surface area contributed by atoms with Crippen LogP contribution in [0.15, 0.2) is 57.9 Å². The zero-order valence-corrected chi connectivity index (χ0v) is 17.8. The van der Waals surface area contributed by atoms with E-state index in [0.717, 1.165) is 27.5 Å². The van der Waals surface area contributed by atoms with Crippen molar-refractivity contribution in [2.75, 3.05) is 6.61 Å². The van der Waals surface area contributed by atoms with Crippen LogP contribution in [0, 0.1) is 13.8 Å². The first-order chi connectivity index (χ1) is 14.7. The van der Waals surface area contributed by atoms with Gasteiger partial charge >= 0.3 is 6.18 Å². The Bertz CT molecular complexity index is 1010. The van der Waals surface area contributed by atoms with E-state index in [2.05, 4.69) is 15.2 Å². The van der Waals surface area contributed by atoms with E-state index in [9.17, 15) is 18.0 Å². The summed E-state index contributed by atoms with van der Waals surface area (Å²) in [4.78, 5) is 13.5. The lowest BCUT2D eigenvalue weighted by Crippen LogP contribution is -2.23. The highest BCUT2D eigenvalue weighted by Crippen LogP contribution is 2.29. The molecule has 0 saturated carbocycles. The van der Waals surface area contributed by atoms with E-state index in [1.165, 1.54) is 23.9 Å². The van der Waals surface area contributed by atoms with Gasteiger partial charge in [-0.25, -0.2) is 0 Å². The molecule has 0 radical (unpaired) electrons. The van der Waals surface area contributed by atoms with Crippen LogP contribution < -0.4 is 10.1 Å². The third-order valence-electron chi connectivity index (χ3n) is 4.46. The van der Waals surface area contributed by atoms with E-state index in [4.69, 9.17) is 4.52 Å². The van der Waals surface area contributed by atoms with Gasteiger partial charge in [-0.15, -0.1) is 11.8 Å². The second-order valence-corrected chi connectivity index (χ2v) is 7.84. The number of hydrogen-bond donors (Lipinski definition) is 1. The third-order valence-corrected chi connectivity index (χ3v) is 5.56. The van der Waals surface area contributed by atoms with Crippen LogP contribution in [-0.4, -0.2) is 23.8 Å². The van der Waals surface area contributed by atoms with Gasteiger partial charge < -0.3 is 14.6 Å². The van der Waals surface area contributed by atoms with E-state index in [1.54, 1.807) is 24.3 Å². The largest absolute Gasteiger partial charge is 0.484 e. The van der Waals surface area contributed by atoms with E-state index in [-0.39, 0.29) is 18.2 Å². The van der Waals surface area contributed by atoms with Crippen LogP contribution in [0.1, 0.15) is 32.9 Å². The minimum absolute atomic E-state index is 0.119. The summed E-state index contributed by atoms with van der Waals surface area (Å²) in [5.41, 5.74) is 3.13. The van der Waals surface area contributed by atoms with Crippen molar-refractivity contribution in [2.45, 2.75) is 37.2 Å². The summed E-state index contributed by atoms with van der Waals surface area (Å²) < 4.78 is 46.5. The molecule has 31 heavy (non-hydrogen) atoms. The van der Waals surface area contributed by atoms with Crippen molar-refractivity contribution < 1.29 is 27.2 Å². The predicted molar refractivity (Wildman–Crippen MR) is 111 cm³/mol. The molecule has 1 heterocycles. The number of thioether (sulfide) groups is 1. The molecule has 0 atom stereocenters. The lowest BCUT2D eigenvalue weighted by molar-refractivity contribution is -0.153.